The highest BCUT2D eigenvalue weighted by Crippen LogP contribution is 2.75. The van der Waals surface area contributed by atoms with Crippen molar-refractivity contribution in [1.29, 1.82) is 0 Å². The number of fused-ring (bicyclic) bond motifs is 7. The van der Waals surface area contributed by atoms with Crippen LogP contribution in [0.15, 0.2) is 11.6 Å². The number of esters is 1. The molecular weight excluding hydrogens is 420 g/mol. The van der Waals surface area contributed by atoms with E-state index in [-0.39, 0.29) is 39.1 Å². The predicted octanol–water partition coefficient (Wildman–Crippen LogP) is 7.32. The Balaban J connectivity index is 1.56. The van der Waals surface area contributed by atoms with Crippen molar-refractivity contribution in [3.8, 4) is 0 Å². The topological polar surface area (TPSA) is 46.5 Å². The summed E-state index contributed by atoms with van der Waals surface area (Å²) in [5.41, 5.74) is 2.39. The first-order valence-corrected chi connectivity index (χ1v) is 14.2. The summed E-state index contributed by atoms with van der Waals surface area (Å²) in [5.74, 6) is 1.72. The molecule has 4 saturated carbocycles. The summed E-state index contributed by atoms with van der Waals surface area (Å²) in [5, 5.41) is 10.9. The van der Waals surface area contributed by atoms with Gasteiger partial charge in [-0.15, -0.1) is 0 Å². The molecule has 4 fully saturated rings. The highest BCUT2D eigenvalue weighted by Gasteiger charge is 2.68. The smallest absolute Gasteiger partial charge is 0.311 e. The Morgan fingerprint density at radius 1 is 0.912 bits per heavy atom. The molecule has 0 radical (unpaired) electrons. The van der Waals surface area contributed by atoms with Gasteiger partial charge in [0.2, 0.25) is 0 Å². The summed E-state index contributed by atoms with van der Waals surface area (Å²) in [7, 11) is 1.56. The number of carbonyl (C=O) groups is 1. The minimum Gasteiger partial charge on any atom is -0.469 e. The van der Waals surface area contributed by atoms with Crippen LogP contribution in [0.1, 0.15) is 113 Å². The number of hydrogen-bond donors (Lipinski definition) is 1. The first-order valence-electron chi connectivity index (χ1n) is 14.2. The standard InChI is InChI=1S/C31H50O3/c1-26(2)22-11-14-31(7)23(29(22,5)13-12-24(26)32)10-9-20-21-19-28(4,25(33)34-8)16-15-27(21,3)17-18-30(20,31)6/h9,21-24,32H,10-19H2,1-8H3/t21-,22+,23-,24-,27-,28+,29-,30+,31+/m1/s1. The molecule has 1 N–H and O–H groups in total. The second kappa shape index (κ2) is 7.36. The normalized spacial score (nSPS) is 54.0. The Morgan fingerprint density at radius 3 is 2.26 bits per heavy atom. The molecule has 0 saturated heterocycles. The van der Waals surface area contributed by atoms with Crippen molar-refractivity contribution in [2.75, 3.05) is 7.11 Å². The van der Waals surface area contributed by atoms with Gasteiger partial charge in [0.1, 0.15) is 0 Å². The number of allylic oxidation sites excluding steroid dienone is 2. The lowest BCUT2D eigenvalue weighted by atomic mass is 9.33. The van der Waals surface area contributed by atoms with Crippen molar-refractivity contribution in [3.63, 3.8) is 0 Å². The molecular formula is C31H50O3. The maximum atomic E-state index is 12.8. The van der Waals surface area contributed by atoms with Gasteiger partial charge in [-0.2, -0.15) is 0 Å². The Bertz CT molecular complexity index is 904. The Kier molecular flexibility index (Phi) is 5.38. The van der Waals surface area contributed by atoms with Crippen molar-refractivity contribution in [3.05, 3.63) is 11.6 Å². The maximum Gasteiger partial charge on any atom is 0.311 e. The molecule has 5 aliphatic carbocycles. The van der Waals surface area contributed by atoms with Crippen LogP contribution >= 0.6 is 0 Å². The zero-order valence-corrected chi connectivity index (χ0v) is 23.2. The molecule has 3 nitrogen and oxygen atoms in total. The average Bonchev–Trinajstić information content (AvgIpc) is 2.77. The van der Waals surface area contributed by atoms with Crippen LogP contribution in [0, 0.1) is 50.2 Å². The third kappa shape index (κ3) is 2.94. The minimum atomic E-state index is -0.358. The molecule has 0 amide bonds. The van der Waals surface area contributed by atoms with E-state index >= 15 is 0 Å². The third-order valence-corrected chi connectivity index (χ3v) is 13.5. The number of aliphatic hydroxyl groups excluding tert-OH is 1. The summed E-state index contributed by atoms with van der Waals surface area (Å²) >= 11 is 0. The molecule has 5 rings (SSSR count). The van der Waals surface area contributed by atoms with Crippen molar-refractivity contribution in [2.24, 2.45) is 50.2 Å². The Hall–Kier alpha value is -0.830. The van der Waals surface area contributed by atoms with E-state index in [9.17, 15) is 9.90 Å². The summed E-state index contributed by atoms with van der Waals surface area (Å²) in [4.78, 5) is 12.8. The van der Waals surface area contributed by atoms with Crippen LogP contribution in [-0.2, 0) is 9.53 Å². The van der Waals surface area contributed by atoms with Gasteiger partial charge < -0.3 is 9.84 Å². The first-order chi connectivity index (χ1) is 15.7. The van der Waals surface area contributed by atoms with Gasteiger partial charge in [-0.25, -0.2) is 0 Å². The van der Waals surface area contributed by atoms with E-state index in [4.69, 9.17) is 4.74 Å². The Labute approximate surface area is 208 Å². The zero-order valence-electron chi connectivity index (χ0n) is 23.2. The van der Waals surface area contributed by atoms with Gasteiger partial charge in [-0.1, -0.05) is 53.2 Å². The number of methoxy groups -OCH3 is 1. The first kappa shape index (κ1) is 24.8. The van der Waals surface area contributed by atoms with E-state index in [1.807, 2.05) is 0 Å². The second-order valence-corrected chi connectivity index (χ2v) is 15.1. The number of hydrogen-bond acceptors (Lipinski definition) is 3. The monoisotopic (exact) mass is 470 g/mol. The molecule has 0 aromatic rings. The van der Waals surface area contributed by atoms with E-state index in [1.165, 1.54) is 32.1 Å². The van der Waals surface area contributed by atoms with Crippen molar-refractivity contribution in [1.82, 2.24) is 0 Å². The molecule has 0 heterocycles. The number of rotatable bonds is 1. The second-order valence-electron chi connectivity index (χ2n) is 15.1. The fourth-order valence-electron chi connectivity index (χ4n) is 10.8. The quantitative estimate of drug-likeness (QED) is 0.322. The molecule has 5 aliphatic rings. The fourth-order valence-corrected chi connectivity index (χ4v) is 10.8. The van der Waals surface area contributed by atoms with Crippen LogP contribution in [0.3, 0.4) is 0 Å². The van der Waals surface area contributed by atoms with Crippen LogP contribution < -0.4 is 0 Å². The van der Waals surface area contributed by atoms with E-state index in [0.717, 1.165) is 32.1 Å². The predicted molar refractivity (Wildman–Crippen MR) is 137 cm³/mol. The van der Waals surface area contributed by atoms with Crippen molar-refractivity contribution in [2.45, 2.75) is 119 Å². The zero-order chi connectivity index (χ0) is 24.9. The summed E-state index contributed by atoms with van der Waals surface area (Å²) in [6, 6.07) is 0. The lowest BCUT2D eigenvalue weighted by molar-refractivity contribution is -0.203. The van der Waals surface area contributed by atoms with Gasteiger partial charge in [0.05, 0.1) is 18.6 Å². The molecule has 0 aromatic carbocycles. The minimum absolute atomic E-state index is 0.00391. The SMILES string of the molecule is COC(=O)[C@@]1(C)CC[C@]2(C)CC[C@@]3(C)C(=CC[C@@H]4[C@]5(C)CC[C@@H](O)C(C)(C)[C@@H]5CC[C@@]43C)[C@H]2C1. The van der Waals surface area contributed by atoms with Crippen LogP contribution in [-0.4, -0.2) is 24.3 Å². The molecule has 0 spiro atoms. The largest absolute Gasteiger partial charge is 0.469 e. The molecule has 0 aliphatic heterocycles. The number of ether oxygens (including phenoxy) is 1. The van der Waals surface area contributed by atoms with Gasteiger partial charge in [0.15, 0.2) is 0 Å². The van der Waals surface area contributed by atoms with Crippen LogP contribution in [0.25, 0.3) is 0 Å². The highest BCUT2D eigenvalue weighted by molar-refractivity contribution is 5.76. The van der Waals surface area contributed by atoms with Crippen molar-refractivity contribution < 1.29 is 14.6 Å². The lowest BCUT2D eigenvalue weighted by Gasteiger charge is -2.71. The van der Waals surface area contributed by atoms with Gasteiger partial charge in [0, 0.05) is 0 Å². The number of aliphatic hydroxyl groups is 1. The molecule has 0 aromatic heterocycles. The van der Waals surface area contributed by atoms with Crippen LogP contribution in [0.5, 0.6) is 0 Å². The van der Waals surface area contributed by atoms with E-state index in [1.54, 1.807) is 12.7 Å². The molecule has 3 heteroatoms. The summed E-state index contributed by atoms with van der Waals surface area (Å²) in [6.45, 7) is 17.1. The summed E-state index contributed by atoms with van der Waals surface area (Å²) in [6.07, 6.45) is 13.8. The van der Waals surface area contributed by atoms with Gasteiger partial charge in [-0.3, -0.25) is 4.79 Å². The average molecular weight is 471 g/mol. The summed E-state index contributed by atoms with van der Waals surface area (Å²) < 4.78 is 5.29. The van der Waals surface area contributed by atoms with Gasteiger partial charge >= 0.3 is 5.97 Å². The lowest BCUT2D eigenvalue weighted by Crippen LogP contribution is -2.64. The molecule has 192 valence electrons. The molecule has 0 unspecified atom stereocenters. The maximum absolute atomic E-state index is 12.8. The fraction of sp³-hybridized carbons (Fsp3) is 0.903. The Morgan fingerprint density at radius 2 is 1.59 bits per heavy atom. The van der Waals surface area contributed by atoms with Crippen molar-refractivity contribution >= 4 is 5.97 Å². The van der Waals surface area contributed by atoms with Crippen LogP contribution in [0.4, 0.5) is 0 Å². The molecule has 34 heavy (non-hydrogen) atoms. The van der Waals surface area contributed by atoms with E-state index in [0.29, 0.717) is 23.2 Å². The molecule has 9 atom stereocenters. The number of carbonyl (C=O) groups excluding carboxylic acids is 1. The molecule has 0 bridgehead atoms. The van der Waals surface area contributed by atoms with Gasteiger partial charge in [0.25, 0.3) is 0 Å². The van der Waals surface area contributed by atoms with E-state index in [2.05, 4.69) is 54.5 Å². The van der Waals surface area contributed by atoms with E-state index < -0.39 is 0 Å². The van der Waals surface area contributed by atoms with Gasteiger partial charge in [-0.05, 0) is 116 Å². The highest BCUT2D eigenvalue weighted by atomic mass is 16.5. The van der Waals surface area contributed by atoms with Crippen LogP contribution in [0.2, 0.25) is 0 Å². The third-order valence-electron chi connectivity index (χ3n) is 13.5.